The van der Waals surface area contributed by atoms with Crippen LogP contribution in [-0.2, 0) is 0 Å². The maximum atomic E-state index is 10.3. The molecule has 0 unspecified atom stereocenters. The van der Waals surface area contributed by atoms with E-state index in [1.807, 2.05) is 0 Å². The summed E-state index contributed by atoms with van der Waals surface area (Å²) < 4.78 is 0. The highest BCUT2D eigenvalue weighted by molar-refractivity contribution is 5.81. The van der Waals surface area contributed by atoms with Crippen LogP contribution in [0, 0.1) is 0 Å². The third-order valence-electron chi connectivity index (χ3n) is 0.927. The Morgan fingerprint density at radius 2 is 2.08 bits per heavy atom. The second kappa shape index (κ2) is 5.61. The lowest BCUT2D eigenvalue weighted by molar-refractivity contribution is -0.256. The molecule has 70 valence electrons. The Hall–Kier alpha value is -1.02. The lowest BCUT2D eigenvalue weighted by Crippen LogP contribution is -2.19. The van der Waals surface area contributed by atoms with E-state index in [2.05, 4.69) is 4.99 Å². The molecule has 7 nitrogen and oxygen atoms in total. The molecule has 12 heavy (non-hydrogen) atoms. The molecule has 0 aliphatic carbocycles. The van der Waals surface area contributed by atoms with E-state index in [1.165, 1.54) is 0 Å². The summed E-state index contributed by atoms with van der Waals surface area (Å²) in [7, 11) is 0. The van der Waals surface area contributed by atoms with E-state index in [-0.39, 0.29) is 12.8 Å². The first-order chi connectivity index (χ1) is 5.54. The lowest BCUT2D eigenvalue weighted by Gasteiger charge is -2.00. The summed E-state index contributed by atoms with van der Waals surface area (Å²) in [4.78, 5) is 13.3. The number of aliphatic imine (C=N–C) groups is 1. The van der Waals surface area contributed by atoms with Crippen molar-refractivity contribution in [3.63, 3.8) is 0 Å². The van der Waals surface area contributed by atoms with Crippen LogP contribution in [0.15, 0.2) is 4.99 Å². The highest BCUT2D eigenvalue weighted by Gasteiger charge is 2.02. The van der Waals surface area contributed by atoms with Gasteiger partial charge in [0.25, 0.3) is 0 Å². The summed E-state index contributed by atoms with van der Waals surface area (Å²) in [6, 6.07) is -1.23. The molecule has 0 saturated carbocycles. The number of amides is 2. The molecule has 7 heteroatoms. The molecule has 0 atom stereocenters. The van der Waals surface area contributed by atoms with Crippen LogP contribution in [0.4, 0.5) is 4.79 Å². The highest BCUT2D eigenvalue weighted by atomic mass is 16.8. The van der Waals surface area contributed by atoms with E-state index in [0.29, 0.717) is 0 Å². The maximum absolute atomic E-state index is 10.3. The van der Waals surface area contributed by atoms with Gasteiger partial charge in [-0.05, 0) is 6.42 Å². The average Bonchev–Trinajstić information content (AvgIpc) is 1.97. The zero-order valence-electron chi connectivity index (χ0n) is 6.16. The quantitative estimate of drug-likeness (QED) is 0.198. The van der Waals surface area contributed by atoms with Crippen molar-refractivity contribution in [2.45, 2.75) is 19.1 Å². The summed E-state index contributed by atoms with van der Waals surface area (Å²) in [5, 5.41) is 32.1. The van der Waals surface area contributed by atoms with Gasteiger partial charge in [0, 0.05) is 12.6 Å². The molecule has 2 amide bonds. The first-order valence-electron chi connectivity index (χ1n) is 3.14. The average molecular weight is 178 g/mol. The molecular weight excluding hydrogens is 168 g/mol. The minimum absolute atomic E-state index is 0.0354. The molecule has 0 rings (SSSR count). The number of hydrogen-bond donors (Lipinski definition) is 4. The molecule has 0 aliphatic heterocycles. The molecule has 0 bridgehead atoms. The van der Waals surface area contributed by atoms with Crippen LogP contribution in [0.3, 0.4) is 0 Å². The summed E-state index contributed by atoms with van der Waals surface area (Å²) in [6.07, 6.45) is -0.197. The van der Waals surface area contributed by atoms with Gasteiger partial charge in [-0.2, -0.15) is 0 Å². The number of hydrogen-bond acceptors (Lipinski definition) is 5. The van der Waals surface area contributed by atoms with E-state index < -0.39 is 17.5 Å². The molecule has 0 fully saturated rings. The van der Waals surface area contributed by atoms with Gasteiger partial charge in [-0.1, -0.05) is 5.23 Å². The van der Waals surface area contributed by atoms with Gasteiger partial charge in [-0.15, -0.1) is 0 Å². The standard InChI is InChI=1S/C5H10N2O5/c8-4(9)2-1-3-6-5(10)7(11)12/h3-4,8-9,11-12H,1-2H2. The SMILES string of the molecule is O=C(N=CCCC(O)O)N(O)O. The number of nitrogens with zero attached hydrogens (tertiary/aromatic N) is 2. The van der Waals surface area contributed by atoms with Crippen LogP contribution in [0.1, 0.15) is 12.8 Å². The van der Waals surface area contributed by atoms with Crippen LogP contribution < -0.4 is 0 Å². The first-order valence-corrected chi connectivity index (χ1v) is 3.14. The number of aliphatic hydroxyl groups is 2. The summed E-state index contributed by atoms with van der Waals surface area (Å²) in [5.41, 5.74) is 0. The van der Waals surface area contributed by atoms with Crippen LogP contribution >= 0.6 is 0 Å². The van der Waals surface area contributed by atoms with Crippen LogP contribution in [-0.4, -0.2) is 44.4 Å². The Morgan fingerprint density at radius 1 is 1.50 bits per heavy atom. The van der Waals surface area contributed by atoms with Gasteiger partial charge < -0.3 is 10.2 Å². The molecule has 0 aliphatic rings. The van der Waals surface area contributed by atoms with E-state index in [9.17, 15) is 4.79 Å². The lowest BCUT2D eigenvalue weighted by atomic mass is 10.3. The molecule has 0 saturated heterocycles. The molecule has 0 aromatic heterocycles. The first kappa shape index (κ1) is 11.0. The largest absolute Gasteiger partial charge is 0.392 e. The zero-order chi connectivity index (χ0) is 9.56. The highest BCUT2D eigenvalue weighted by Crippen LogP contribution is 1.90. The minimum atomic E-state index is -1.45. The summed E-state index contributed by atoms with van der Waals surface area (Å²) >= 11 is 0. The van der Waals surface area contributed by atoms with E-state index in [1.54, 1.807) is 0 Å². The van der Waals surface area contributed by atoms with E-state index in [0.717, 1.165) is 6.21 Å². The normalized spacial score (nSPS) is 11.1. The second-order valence-electron chi connectivity index (χ2n) is 1.94. The smallest absolute Gasteiger partial charge is 0.368 e. The third kappa shape index (κ3) is 5.74. The van der Waals surface area contributed by atoms with Crippen molar-refractivity contribution in [3.8, 4) is 0 Å². The van der Waals surface area contributed by atoms with Crippen molar-refractivity contribution in [2.75, 3.05) is 0 Å². The minimum Gasteiger partial charge on any atom is -0.368 e. The Balaban J connectivity index is 3.55. The van der Waals surface area contributed by atoms with Gasteiger partial charge in [-0.25, -0.2) is 9.79 Å². The van der Waals surface area contributed by atoms with Gasteiger partial charge >= 0.3 is 6.03 Å². The predicted octanol–water partition coefficient (Wildman–Crippen LogP) is -0.652. The second-order valence-corrected chi connectivity index (χ2v) is 1.94. The third-order valence-corrected chi connectivity index (χ3v) is 0.927. The topological polar surface area (TPSA) is 114 Å². The van der Waals surface area contributed by atoms with Crippen LogP contribution in [0.25, 0.3) is 0 Å². The molecule has 0 spiro atoms. The van der Waals surface area contributed by atoms with Crippen molar-refractivity contribution < 1.29 is 25.4 Å². The number of aliphatic hydroxyl groups excluding tert-OH is 1. The zero-order valence-corrected chi connectivity index (χ0v) is 6.16. The van der Waals surface area contributed by atoms with Gasteiger partial charge in [0.05, 0.1) is 0 Å². The fraction of sp³-hybridized carbons (Fsp3) is 0.600. The van der Waals surface area contributed by atoms with Gasteiger partial charge in [0.15, 0.2) is 6.29 Å². The van der Waals surface area contributed by atoms with Crippen molar-refractivity contribution in [2.24, 2.45) is 4.99 Å². The number of carbonyl (C=O) groups excluding carboxylic acids is 1. The molecule has 0 aromatic rings. The number of hydroxylamine groups is 2. The van der Waals surface area contributed by atoms with Crippen LogP contribution in [0.2, 0.25) is 0 Å². The van der Waals surface area contributed by atoms with Crippen molar-refractivity contribution in [1.29, 1.82) is 0 Å². The number of urea groups is 1. The molecule has 4 N–H and O–H groups in total. The summed E-state index contributed by atoms with van der Waals surface area (Å²) in [5.74, 6) is 0. The van der Waals surface area contributed by atoms with Crippen LogP contribution in [0.5, 0.6) is 0 Å². The fourth-order valence-corrected chi connectivity index (χ4v) is 0.418. The maximum Gasteiger partial charge on any atom is 0.392 e. The Labute approximate surface area is 68.1 Å². The van der Waals surface area contributed by atoms with Crippen molar-refractivity contribution in [1.82, 2.24) is 5.23 Å². The van der Waals surface area contributed by atoms with Gasteiger partial charge in [-0.3, -0.25) is 10.4 Å². The summed E-state index contributed by atoms with van der Waals surface area (Å²) in [6.45, 7) is 0. The van der Waals surface area contributed by atoms with Gasteiger partial charge in [0.2, 0.25) is 0 Å². The van der Waals surface area contributed by atoms with Gasteiger partial charge in [0.1, 0.15) is 0 Å². The van der Waals surface area contributed by atoms with E-state index in [4.69, 9.17) is 20.6 Å². The fourth-order valence-electron chi connectivity index (χ4n) is 0.418. The Kier molecular flexibility index (Phi) is 5.13. The van der Waals surface area contributed by atoms with Crippen molar-refractivity contribution >= 4 is 12.2 Å². The number of carbonyl (C=O) groups is 1. The molecule has 0 heterocycles. The van der Waals surface area contributed by atoms with E-state index >= 15 is 0 Å². The monoisotopic (exact) mass is 178 g/mol. The number of rotatable bonds is 3. The Bertz CT molecular complexity index is 167. The molecular formula is C5H10N2O5. The Morgan fingerprint density at radius 3 is 2.50 bits per heavy atom. The molecule has 0 radical (unpaired) electrons. The predicted molar refractivity (Wildman–Crippen MR) is 36.8 cm³/mol. The van der Waals surface area contributed by atoms with Crippen molar-refractivity contribution in [3.05, 3.63) is 0 Å². The molecule has 0 aromatic carbocycles.